The van der Waals surface area contributed by atoms with E-state index in [9.17, 15) is 18.0 Å². The number of carbonyl (C=O) groups excluding carboxylic acids is 2. The molecule has 0 N–H and O–H groups in total. The zero-order valence-electron chi connectivity index (χ0n) is 15.2. The summed E-state index contributed by atoms with van der Waals surface area (Å²) < 4.78 is 29.3. The molecule has 1 saturated carbocycles. The first kappa shape index (κ1) is 18.4. The van der Waals surface area contributed by atoms with Crippen molar-refractivity contribution >= 4 is 21.9 Å². The second-order valence-electron chi connectivity index (χ2n) is 7.62. The van der Waals surface area contributed by atoms with E-state index in [4.69, 9.17) is 4.18 Å². The highest BCUT2D eigenvalue weighted by Crippen LogP contribution is 2.52. The van der Waals surface area contributed by atoms with Gasteiger partial charge < -0.3 is 0 Å². The average molecular weight is 389 g/mol. The first-order chi connectivity index (χ1) is 12.9. The maximum atomic E-state index is 12.6. The molecule has 1 aromatic carbocycles. The molecule has 144 valence electrons. The standard InChI is InChI=1S/C20H23NO5S/c1-13-4-8-16(9-5-13)27(24,25)26-11-3-2-10-21-19(22)17-14-6-7-15(12-14)18(17)20(21)23/h4-9,14-15,17-18H,2-3,10-12H2,1H3. The second kappa shape index (κ2) is 6.87. The van der Waals surface area contributed by atoms with Gasteiger partial charge in [0.05, 0.1) is 23.3 Å². The van der Waals surface area contributed by atoms with Crippen molar-refractivity contribution in [2.45, 2.75) is 31.1 Å². The Labute approximate surface area is 159 Å². The van der Waals surface area contributed by atoms with Crippen molar-refractivity contribution in [2.75, 3.05) is 13.2 Å². The number of hydrogen-bond donors (Lipinski definition) is 0. The van der Waals surface area contributed by atoms with Crippen LogP contribution < -0.4 is 0 Å². The van der Waals surface area contributed by atoms with E-state index in [1.807, 2.05) is 6.92 Å². The number of likely N-dealkylation sites (tertiary alicyclic amines) is 1. The predicted octanol–water partition coefficient (Wildman–Crippen LogP) is 2.29. The highest BCUT2D eigenvalue weighted by atomic mass is 32.2. The Morgan fingerprint density at radius 2 is 1.59 bits per heavy atom. The van der Waals surface area contributed by atoms with Gasteiger partial charge in [-0.1, -0.05) is 29.8 Å². The van der Waals surface area contributed by atoms with Crippen LogP contribution >= 0.6 is 0 Å². The third kappa shape index (κ3) is 3.23. The first-order valence-electron chi connectivity index (χ1n) is 9.38. The van der Waals surface area contributed by atoms with Gasteiger partial charge in [-0.05, 0) is 50.2 Å². The van der Waals surface area contributed by atoms with Crippen LogP contribution in [0.4, 0.5) is 0 Å². The van der Waals surface area contributed by atoms with Crippen molar-refractivity contribution in [2.24, 2.45) is 23.7 Å². The Morgan fingerprint density at radius 3 is 2.19 bits per heavy atom. The summed E-state index contributed by atoms with van der Waals surface area (Å²) in [4.78, 5) is 26.6. The molecule has 6 nitrogen and oxygen atoms in total. The number of amides is 2. The minimum Gasteiger partial charge on any atom is -0.282 e. The van der Waals surface area contributed by atoms with E-state index in [-0.39, 0.29) is 47.0 Å². The molecule has 1 aromatic rings. The van der Waals surface area contributed by atoms with Crippen molar-refractivity contribution in [3.63, 3.8) is 0 Å². The minimum atomic E-state index is -3.77. The number of aryl methyl sites for hydroxylation is 1. The van der Waals surface area contributed by atoms with Crippen LogP contribution in [0.5, 0.6) is 0 Å². The fourth-order valence-electron chi connectivity index (χ4n) is 4.50. The molecule has 0 aromatic heterocycles. The van der Waals surface area contributed by atoms with Gasteiger partial charge in [0.15, 0.2) is 0 Å². The molecule has 3 aliphatic rings. The smallest absolute Gasteiger partial charge is 0.282 e. The van der Waals surface area contributed by atoms with E-state index in [0.29, 0.717) is 19.4 Å². The molecule has 7 heteroatoms. The number of allylic oxidation sites excluding steroid dienone is 2. The van der Waals surface area contributed by atoms with Crippen molar-refractivity contribution in [1.29, 1.82) is 0 Å². The van der Waals surface area contributed by atoms with Crippen LogP contribution in [0.15, 0.2) is 41.3 Å². The van der Waals surface area contributed by atoms with Crippen molar-refractivity contribution in [3.8, 4) is 0 Å². The lowest BCUT2D eigenvalue weighted by Crippen LogP contribution is -2.33. The molecule has 2 bridgehead atoms. The fourth-order valence-corrected chi connectivity index (χ4v) is 5.44. The summed E-state index contributed by atoms with van der Waals surface area (Å²) in [5.74, 6) is -0.0460. The van der Waals surface area contributed by atoms with Crippen LogP contribution in [-0.2, 0) is 23.9 Å². The molecule has 4 atom stereocenters. The second-order valence-corrected chi connectivity index (χ2v) is 9.24. The molecule has 1 aliphatic heterocycles. The van der Waals surface area contributed by atoms with Crippen LogP contribution in [0.25, 0.3) is 0 Å². The first-order valence-corrected chi connectivity index (χ1v) is 10.8. The Hall–Kier alpha value is -1.99. The van der Waals surface area contributed by atoms with Gasteiger partial charge in [-0.15, -0.1) is 0 Å². The van der Waals surface area contributed by atoms with Gasteiger partial charge in [-0.2, -0.15) is 8.42 Å². The zero-order chi connectivity index (χ0) is 19.2. The third-order valence-electron chi connectivity index (χ3n) is 5.89. The molecular weight excluding hydrogens is 366 g/mol. The number of carbonyl (C=O) groups is 2. The summed E-state index contributed by atoms with van der Waals surface area (Å²) in [5.41, 5.74) is 0.974. The summed E-state index contributed by atoms with van der Waals surface area (Å²) in [6.45, 7) is 2.25. The number of rotatable bonds is 7. The normalized spacial score (nSPS) is 29.0. The molecule has 2 fully saturated rings. The van der Waals surface area contributed by atoms with Gasteiger partial charge in [0.1, 0.15) is 0 Å². The van der Waals surface area contributed by atoms with Crippen LogP contribution in [0, 0.1) is 30.6 Å². The maximum absolute atomic E-state index is 12.6. The fraction of sp³-hybridized carbons (Fsp3) is 0.500. The highest BCUT2D eigenvalue weighted by molar-refractivity contribution is 7.86. The molecule has 0 spiro atoms. The third-order valence-corrected chi connectivity index (χ3v) is 7.21. The van der Waals surface area contributed by atoms with E-state index in [1.54, 1.807) is 12.1 Å². The minimum absolute atomic E-state index is 0.0338. The van der Waals surface area contributed by atoms with E-state index >= 15 is 0 Å². The van der Waals surface area contributed by atoms with Crippen molar-refractivity contribution in [3.05, 3.63) is 42.0 Å². The molecule has 2 aliphatic carbocycles. The van der Waals surface area contributed by atoms with Crippen LogP contribution in [-0.4, -0.2) is 38.3 Å². The average Bonchev–Trinajstić information content (AvgIpc) is 3.31. The lowest BCUT2D eigenvalue weighted by molar-refractivity contribution is -0.140. The Kier molecular flexibility index (Phi) is 4.68. The molecule has 1 heterocycles. The Balaban J connectivity index is 1.26. The maximum Gasteiger partial charge on any atom is 0.296 e. The number of benzene rings is 1. The van der Waals surface area contributed by atoms with E-state index in [1.165, 1.54) is 17.0 Å². The predicted molar refractivity (Wildman–Crippen MR) is 98.0 cm³/mol. The largest absolute Gasteiger partial charge is 0.296 e. The van der Waals surface area contributed by atoms with Crippen LogP contribution in [0.3, 0.4) is 0 Å². The van der Waals surface area contributed by atoms with E-state index < -0.39 is 10.1 Å². The SMILES string of the molecule is Cc1ccc(S(=O)(=O)OCCCCN2C(=O)C3C4C=CC(C4)C3C2=O)cc1. The molecule has 0 radical (unpaired) electrons. The van der Waals surface area contributed by atoms with Crippen LogP contribution in [0.2, 0.25) is 0 Å². The summed E-state index contributed by atoms with van der Waals surface area (Å²) in [5, 5.41) is 0. The topological polar surface area (TPSA) is 80.8 Å². The number of unbranched alkanes of at least 4 members (excludes halogenated alkanes) is 1. The molecule has 1 saturated heterocycles. The van der Waals surface area contributed by atoms with Gasteiger partial charge in [0, 0.05) is 6.54 Å². The summed E-state index contributed by atoms with van der Waals surface area (Å²) >= 11 is 0. The summed E-state index contributed by atoms with van der Waals surface area (Å²) in [6.07, 6.45) is 6.06. The quantitative estimate of drug-likeness (QED) is 0.309. The zero-order valence-corrected chi connectivity index (χ0v) is 16.0. The van der Waals surface area contributed by atoms with Gasteiger partial charge in [-0.25, -0.2) is 0 Å². The van der Waals surface area contributed by atoms with E-state index in [2.05, 4.69) is 12.2 Å². The highest BCUT2D eigenvalue weighted by Gasteiger charge is 2.58. The molecular formula is C20H23NO5S. The van der Waals surface area contributed by atoms with Gasteiger partial charge in [0.25, 0.3) is 10.1 Å². The summed E-state index contributed by atoms with van der Waals surface area (Å²) in [6, 6.07) is 6.49. The molecule has 27 heavy (non-hydrogen) atoms. The van der Waals surface area contributed by atoms with Crippen molar-refractivity contribution < 1.29 is 22.2 Å². The van der Waals surface area contributed by atoms with Crippen molar-refractivity contribution in [1.82, 2.24) is 4.90 Å². The van der Waals surface area contributed by atoms with Gasteiger partial charge >= 0.3 is 0 Å². The van der Waals surface area contributed by atoms with Gasteiger partial charge in [-0.3, -0.25) is 18.7 Å². The Bertz CT molecular complexity index is 859. The lowest BCUT2D eigenvalue weighted by atomic mass is 9.85. The number of hydrogen-bond acceptors (Lipinski definition) is 5. The van der Waals surface area contributed by atoms with E-state index in [0.717, 1.165) is 12.0 Å². The summed E-state index contributed by atoms with van der Waals surface area (Å²) in [7, 11) is -3.77. The number of nitrogens with zero attached hydrogens (tertiary/aromatic N) is 1. The molecule has 4 rings (SSSR count). The molecule has 2 amide bonds. The lowest BCUT2D eigenvalue weighted by Gasteiger charge is -2.17. The molecule has 4 unspecified atom stereocenters. The Morgan fingerprint density at radius 1 is 1.00 bits per heavy atom. The number of fused-ring (bicyclic) bond motifs is 5. The van der Waals surface area contributed by atoms with Gasteiger partial charge in [0.2, 0.25) is 11.8 Å². The monoisotopic (exact) mass is 389 g/mol. The number of imide groups is 1. The van der Waals surface area contributed by atoms with Crippen LogP contribution in [0.1, 0.15) is 24.8 Å².